The highest BCUT2D eigenvalue weighted by Gasteiger charge is 2.04. The number of benzene rings is 1. The maximum Gasteiger partial charge on any atom is 0.507 e. The zero-order valence-electron chi connectivity index (χ0n) is 9.23. The van der Waals surface area contributed by atoms with Gasteiger partial charge >= 0.3 is 6.16 Å². The third kappa shape index (κ3) is 3.34. The maximum absolute atomic E-state index is 10.7. The fourth-order valence-corrected chi connectivity index (χ4v) is 1.19. The molecule has 0 aliphatic heterocycles. The Morgan fingerprint density at radius 3 is 2.75 bits per heavy atom. The third-order valence-corrected chi connectivity index (χ3v) is 2.02. The summed E-state index contributed by atoms with van der Waals surface area (Å²) in [6.45, 7) is 0.223. The average Bonchev–Trinajstić information content (AvgIpc) is 2.31. The van der Waals surface area contributed by atoms with Crippen molar-refractivity contribution in [1.29, 1.82) is 0 Å². The molecule has 5 nitrogen and oxygen atoms in total. The number of ether oxygens (including phenoxy) is 3. The van der Waals surface area contributed by atoms with Crippen LogP contribution in [0.15, 0.2) is 18.2 Å². The number of phenols is 1. The molecular weight excluding hydrogens is 212 g/mol. The van der Waals surface area contributed by atoms with Crippen molar-refractivity contribution in [1.82, 2.24) is 0 Å². The molecule has 5 heteroatoms. The first-order chi connectivity index (χ1) is 7.67. The number of rotatable bonds is 4. The van der Waals surface area contributed by atoms with Gasteiger partial charge in [0.05, 0.1) is 20.8 Å². The Kier molecular flexibility index (Phi) is 4.44. The Morgan fingerprint density at radius 2 is 2.12 bits per heavy atom. The van der Waals surface area contributed by atoms with Crippen molar-refractivity contribution in [3.05, 3.63) is 23.8 Å². The average molecular weight is 226 g/mol. The van der Waals surface area contributed by atoms with Crippen LogP contribution in [0, 0.1) is 0 Å². The number of hydrogen-bond donors (Lipinski definition) is 1. The van der Waals surface area contributed by atoms with Gasteiger partial charge in [0.2, 0.25) is 0 Å². The second-order valence-electron chi connectivity index (χ2n) is 3.06. The van der Waals surface area contributed by atoms with Gasteiger partial charge in [-0.3, -0.25) is 0 Å². The third-order valence-electron chi connectivity index (χ3n) is 2.02. The molecule has 0 amide bonds. The molecule has 0 unspecified atom stereocenters. The molecule has 16 heavy (non-hydrogen) atoms. The lowest BCUT2D eigenvalue weighted by molar-refractivity contribution is 0.0736. The van der Waals surface area contributed by atoms with Crippen molar-refractivity contribution >= 4 is 6.16 Å². The Labute approximate surface area is 93.6 Å². The predicted octanol–water partition coefficient (Wildman–Crippen LogP) is 1.73. The van der Waals surface area contributed by atoms with E-state index in [2.05, 4.69) is 4.74 Å². The van der Waals surface area contributed by atoms with E-state index in [4.69, 9.17) is 9.47 Å². The van der Waals surface area contributed by atoms with Gasteiger partial charge in [0, 0.05) is 6.42 Å². The summed E-state index contributed by atoms with van der Waals surface area (Å²) in [7, 11) is 2.73. The van der Waals surface area contributed by atoms with Crippen LogP contribution in [-0.4, -0.2) is 32.1 Å². The zero-order chi connectivity index (χ0) is 12.0. The second-order valence-corrected chi connectivity index (χ2v) is 3.06. The summed E-state index contributed by atoms with van der Waals surface area (Å²) in [5.41, 5.74) is 0.901. The summed E-state index contributed by atoms with van der Waals surface area (Å²) in [4.78, 5) is 10.7. The highest BCUT2D eigenvalue weighted by molar-refractivity contribution is 5.59. The van der Waals surface area contributed by atoms with Gasteiger partial charge in [0.1, 0.15) is 0 Å². The monoisotopic (exact) mass is 226 g/mol. The molecule has 0 fully saturated rings. The van der Waals surface area contributed by atoms with Crippen LogP contribution < -0.4 is 4.74 Å². The van der Waals surface area contributed by atoms with E-state index in [0.29, 0.717) is 12.2 Å². The number of carbonyl (C=O) groups excluding carboxylic acids is 1. The molecule has 1 aromatic rings. The number of phenolic OH excluding ortho intramolecular Hbond substituents is 1. The molecule has 1 N–H and O–H groups in total. The molecule has 0 aliphatic rings. The minimum atomic E-state index is -0.703. The van der Waals surface area contributed by atoms with Crippen LogP contribution in [0.1, 0.15) is 5.56 Å². The van der Waals surface area contributed by atoms with Gasteiger partial charge in [-0.25, -0.2) is 4.79 Å². The van der Waals surface area contributed by atoms with Gasteiger partial charge in [-0.2, -0.15) is 0 Å². The Balaban J connectivity index is 2.51. The molecule has 0 aromatic heterocycles. The quantitative estimate of drug-likeness (QED) is 0.792. The Hall–Kier alpha value is -1.91. The van der Waals surface area contributed by atoms with Gasteiger partial charge in [0.15, 0.2) is 11.5 Å². The van der Waals surface area contributed by atoms with Crippen molar-refractivity contribution < 1.29 is 24.1 Å². The summed E-state index contributed by atoms with van der Waals surface area (Å²) in [5, 5.41) is 9.36. The van der Waals surface area contributed by atoms with E-state index < -0.39 is 6.16 Å². The normalized spacial score (nSPS) is 9.62. The first-order valence-electron chi connectivity index (χ1n) is 4.74. The van der Waals surface area contributed by atoms with Crippen LogP contribution in [0.25, 0.3) is 0 Å². The van der Waals surface area contributed by atoms with Crippen LogP contribution in [0.5, 0.6) is 11.5 Å². The van der Waals surface area contributed by atoms with E-state index in [1.54, 1.807) is 12.1 Å². The minimum absolute atomic E-state index is 0.0835. The van der Waals surface area contributed by atoms with Crippen LogP contribution >= 0.6 is 0 Å². The molecule has 0 aliphatic carbocycles. The molecule has 0 saturated carbocycles. The molecular formula is C11H14O5. The molecule has 0 bridgehead atoms. The summed E-state index contributed by atoms with van der Waals surface area (Å²) in [6.07, 6.45) is -0.170. The molecule has 0 radical (unpaired) electrons. The van der Waals surface area contributed by atoms with Crippen molar-refractivity contribution in [2.24, 2.45) is 0 Å². The molecule has 0 heterocycles. The maximum atomic E-state index is 10.7. The fraction of sp³-hybridized carbons (Fsp3) is 0.364. The van der Waals surface area contributed by atoms with Gasteiger partial charge in [-0.05, 0) is 17.7 Å². The molecule has 1 aromatic carbocycles. The summed E-state index contributed by atoms with van der Waals surface area (Å²) >= 11 is 0. The predicted molar refractivity (Wildman–Crippen MR) is 56.7 cm³/mol. The van der Waals surface area contributed by atoms with Crippen LogP contribution in [0.2, 0.25) is 0 Å². The Morgan fingerprint density at radius 1 is 1.38 bits per heavy atom. The minimum Gasteiger partial charge on any atom is -0.504 e. The van der Waals surface area contributed by atoms with Crippen molar-refractivity contribution in [3.8, 4) is 11.5 Å². The summed E-state index contributed by atoms with van der Waals surface area (Å²) < 4.78 is 14.0. The molecule has 88 valence electrons. The molecule has 0 atom stereocenters. The van der Waals surface area contributed by atoms with Gasteiger partial charge < -0.3 is 19.3 Å². The number of aromatic hydroxyl groups is 1. The van der Waals surface area contributed by atoms with Crippen molar-refractivity contribution in [2.45, 2.75) is 6.42 Å². The van der Waals surface area contributed by atoms with Crippen molar-refractivity contribution in [2.75, 3.05) is 20.8 Å². The number of methoxy groups -OCH3 is 2. The Bertz CT molecular complexity index is 361. The van der Waals surface area contributed by atoms with Crippen LogP contribution in [0.4, 0.5) is 4.79 Å². The zero-order valence-corrected chi connectivity index (χ0v) is 9.23. The molecule has 0 spiro atoms. The summed E-state index contributed by atoms with van der Waals surface area (Å²) in [6, 6.07) is 4.96. The fourth-order valence-electron chi connectivity index (χ4n) is 1.19. The number of hydrogen-bond acceptors (Lipinski definition) is 5. The topological polar surface area (TPSA) is 65.0 Å². The summed E-state index contributed by atoms with van der Waals surface area (Å²) in [5.74, 6) is 0.482. The standard InChI is InChI=1S/C11H14O5/c1-14-10-7-8(3-4-9(10)12)5-6-16-11(13)15-2/h3-4,7,12H,5-6H2,1-2H3. The lowest BCUT2D eigenvalue weighted by Crippen LogP contribution is -2.07. The first kappa shape index (κ1) is 12.2. The van der Waals surface area contributed by atoms with E-state index in [9.17, 15) is 9.90 Å². The van der Waals surface area contributed by atoms with Crippen LogP contribution in [0.3, 0.4) is 0 Å². The van der Waals surface area contributed by atoms with E-state index in [0.717, 1.165) is 5.56 Å². The van der Waals surface area contributed by atoms with E-state index in [1.807, 2.05) is 0 Å². The molecule has 1 rings (SSSR count). The first-order valence-corrected chi connectivity index (χ1v) is 4.74. The van der Waals surface area contributed by atoms with E-state index in [-0.39, 0.29) is 12.4 Å². The van der Waals surface area contributed by atoms with E-state index >= 15 is 0 Å². The van der Waals surface area contributed by atoms with E-state index in [1.165, 1.54) is 20.3 Å². The van der Waals surface area contributed by atoms with Crippen LogP contribution in [-0.2, 0) is 15.9 Å². The van der Waals surface area contributed by atoms with Crippen molar-refractivity contribution in [3.63, 3.8) is 0 Å². The number of carbonyl (C=O) groups is 1. The highest BCUT2D eigenvalue weighted by Crippen LogP contribution is 2.26. The lowest BCUT2D eigenvalue weighted by Gasteiger charge is -2.06. The lowest BCUT2D eigenvalue weighted by atomic mass is 10.1. The van der Waals surface area contributed by atoms with Gasteiger partial charge in [-0.1, -0.05) is 6.07 Å². The second kappa shape index (κ2) is 5.85. The van der Waals surface area contributed by atoms with Gasteiger partial charge in [-0.15, -0.1) is 0 Å². The smallest absolute Gasteiger partial charge is 0.504 e. The largest absolute Gasteiger partial charge is 0.507 e. The SMILES string of the molecule is COC(=O)OCCc1ccc(O)c(OC)c1. The van der Waals surface area contributed by atoms with Gasteiger partial charge in [0.25, 0.3) is 0 Å². The molecule has 0 saturated heterocycles. The highest BCUT2D eigenvalue weighted by atomic mass is 16.7.